The minimum absolute atomic E-state index is 0.0433. The number of carbonyl (C=O) groups is 1. The Morgan fingerprint density at radius 2 is 1.89 bits per heavy atom. The van der Waals surface area contributed by atoms with Crippen molar-refractivity contribution in [2.24, 2.45) is 5.92 Å². The number of halogens is 1. The first kappa shape index (κ1) is 12.7. The van der Waals surface area contributed by atoms with Crippen molar-refractivity contribution in [1.29, 1.82) is 0 Å². The fraction of sp³-hybridized carbons (Fsp3) is 0.312. The monoisotopic (exact) mass is 318 g/mol. The number of rotatable bonds is 3. The summed E-state index contributed by atoms with van der Waals surface area (Å²) in [6.07, 6.45) is 3.13. The van der Waals surface area contributed by atoms with E-state index in [-0.39, 0.29) is 11.9 Å². The Morgan fingerprint density at radius 3 is 2.58 bits per heavy atom. The highest BCUT2D eigenvalue weighted by Gasteiger charge is 2.26. The normalized spacial score (nSPS) is 15.2. The van der Waals surface area contributed by atoms with E-state index in [4.69, 9.17) is 4.74 Å². The highest BCUT2D eigenvalue weighted by atomic mass is 79.9. The van der Waals surface area contributed by atoms with Crippen molar-refractivity contribution in [1.82, 2.24) is 0 Å². The van der Waals surface area contributed by atoms with Crippen LogP contribution in [0, 0.1) is 5.92 Å². The molecule has 19 heavy (non-hydrogen) atoms. The average Bonchev–Trinajstić information content (AvgIpc) is 2.36. The van der Waals surface area contributed by atoms with Crippen LogP contribution >= 0.6 is 15.9 Å². The van der Waals surface area contributed by atoms with Crippen molar-refractivity contribution in [3.63, 3.8) is 0 Å². The number of ether oxygens (including phenoxy) is 1. The van der Waals surface area contributed by atoms with E-state index in [1.165, 1.54) is 0 Å². The van der Waals surface area contributed by atoms with Gasteiger partial charge in [0.15, 0.2) is 0 Å². The number of benzene rings is 2. The summed E-state index contributed by atoms with van der Waals surface area (Å²) in [7, 11) is 0. The molecule has 0 amide bonds. The molecule has 2 nitrogen and oxygen atoms in total. The predicted octanol–water partition coefficient (Wildman–Crippen LogP) is 4.45. The maximum absolute atomic E-state index is 11.8. The molecule has 0 aromatic heterocycles. The molecule has 98 valence electrons. The molecule has 0 radical (unpaired) electrons. The molecule has 1 aliphatic rings. The first-order valence-corrected chi connectivity index (χ1v) is 7.38. The largest absolute Gasteiger partial charge is 0.461 e. The summed E-state index contributed by atoms with van der Waals surface area (Å²) in [5.41, 5.74) is 1.06. The van der Waals surface area contributed by atoms with E-state index >= 15 is 0 Å². The van der Waals surface area contributed by atoms with Gasteiger partial charge < -0.3 is 4.74 Å². The maximum atomic E-state index is 11.8. The minimum atomic E-state index is -0.0433. The summed E-state index contributed by atoms with van der Waals surface area (Å²) in [4.78, 5) is 11.8. The van der Waals surface area contributed by atoms with Gasteiger partial charge >= 0.3 is 5.97 Å². The van der Waals surface area contributed by atoms with E-state index in [9.17, 15) is 4.79 Å². The van der Waals surface area contributed by atoms with Gasteiger partial charge in [-0.15, -0.1) is 0 Å². The lowest BCUT2D eigenvalue weighted by atomic mass is 9.86. The van der Waals surface area contributed by atoms with E-state index in [0.717, 1.165) is 40.1 Å². The molecule has 0 unspecified atom stereocenters. The predicted molar refractivity (Wildman–Crippen MR) is 78.8 cm³/mol. The van der Waals surface area contributed by atoms with Crippen LogP contribution < -0.4 is 0 Å². The quantitative estimate of drug-likeness (QED) is 0.782. The van der Waals surface area contributed by atoms with Crippen LogP contribution in [0.25, 0.3) is 10.8 Å². The second kappa shape index (κ2) is 5.33. The third-order valence-electron chi connectivity index (χ3n) is 3.77. The number of hydrogen-bond donors (Lipinski definition) is 0. The standard InChI is InChI=1S/C16H15BrO2/c17-15-9-8-12(13-6-1-2-7-14(13)15)10-19-16(18)11-4-3-5-11/h1-2,6-9,11H,3-5,10H2. The van der Waals surface area contributed by atoms with Crippen LogP contribution in [0.1, 0.15) is 24.8 Å². The third kappa shape index (κ3) is 2.52. The van der Waals surface area contributed by atoms with Crippen LogP contribution in [0.15, 0.2) is 40.9 Å². The highest BCUT2D eigenvalue weighted by molar-refractivity contribution is 9.10. The molecule has 0 aliphatic heterocycles. The van der Waals surface area contributed by atoms with Gasteiger partial charge in [0.1, 0.15) is 6.61 Å². The van der Waals surface area contributed by atoms with Crippen LogP contribution in [0.5, 0.6) is 0 Å². The van der Waals surface area contributed by atoms with Gasteiger partial charge in [0.25, 0.3) is 0 Å². The third-order valence-corrected chi connectivity index (χ3v) is 4.46. The van der Waals surface area contributed by atoms with E-state index in [1.54, 1.807) is 0 Å². The summed E-state index contributed by atoms with van der Waals surface area (Å²) < 4.78 is 6.49. The molecule has 2 aromatic rings. The molecule has 1 aliphatic carbocycles. The van der Waals surface area contributed by atoms with E-state index < -0.39 is 0 Å². The minimum Gasteiger partial charge on any atom is -0.461 e. The summed E-state index contributed by atoms with van der Waals surface area (Å²) in [5.74, 6) is 0.0972. The molecule has 1 saturated carbocycles. The highest BCUT2D eigenvalue weighted by Crippen LogP contribution is 2.29. The molecule has 1 fully saturated rings. The topological polar surface area (TPSA) is 26.3 Å². The van der Waals surface area contributed by atoms with Gasteiger partial charge in [-0.2, -0.15) is 0 Å². The van der Waals surface area contributed by atoms with Crippen molar-refractivity contribution in [2.75, 3.05) is 0 Å². The Bertz CT molecular complexity index is 617. The average molecular weight is 319 g/mol. The molecule has 0 saturated heterocycles. The second-order valence-electron chi connectivity index (χ2n) is 4.99. The molecule has 0 spiro atoms. The van der Waals surface area contributed by atoms with Crippen LogP contribution in [0.3, 0.4) is 0 Å². The van der Waals surface area contributed by atoms with Crippen molar-refractivity contribution < 1.29 is 9.53 Å². The van der Waals surface area contributed by atoms with Gasteiger partial charge in [-0.1, -0.05) is 52.7 Å². The van der Waals surface area contributed by atoms with Crippen molar-refractivity contribution in [2.45, 2.75) is 25.9 Å². The zero-order valence-electron chi connectivity index (χ0n) is 10.6. The van der Waals surface area contributed by atoms with Gasteiger partial charge in [0.05, 0.1) is 5.92 Å². The van der Waals surface area contributed by atoms with Gasteiger partial charge in [-0.25, -0.2) is 0 Å². The zero-order chi connectivity index (χ0) is 13.2. The molecular weight excluding hydrogens is 304 g/mol. The Balaban J connectivity index is 1.81. The van der Waals surface area contributed by atoms with Crippen LogP contribution in [0.2, 0.25) is 0 Å². The number of hydrogen-bond acceptors (Lipinski definition) is 2. The fourth-order valence-corrected chi connectivity index (χ4v) is 2.84. The Labute approximate surface area is 120 Å². The lowest BCUT2D eigenvalue weighted by Crippen LogP contribution is -2.23. The first-order valence-electron chi connectivity index (χ1n) is 6.58. The number of esters is 1. The van der Waals surface area contributed by atoms with Gasteiger partial charge in [0, 0.05) is 4.47 Å². The maximum Gasteiger partial charge on any atom is 0.309 e. The van der Waals surface area contributed by atoms with Gasteiger partial charge in [0.2, 0.25) is 0 Å². The fourth-order valence-electron chi connectivity index (χ4n) is 2.36. The smallest absolute Gasteiger partial charge is 0.309 e. The molecule has 0 bridgehead atoms. The summed E-state index contributed by atoms with van der Waals surface area (Å²) in [6, 6.07) is 12.2. The molecule has 2 aromatic carbocycles. The molecule has 0 N–H and O–H groups in total. The van der Waals surface area contributed by atoms with Crippen LogP contribution in [-0.2, 0) is 16.1 Å². The molecule has 3 heteroatoms. The Kier molecular flexibility index (Phi) is 3.56. The SMILES string of the molecule is O=C(OCc1ccc(Br)c2ccccc12)C1CCC1. The molecular formula is C16H15BrO2. The molecule has 0 heterocycles. The van der Waals surface area contributed by atoms with Crippen LogP contribution in [-0.4, -0.2) is 5.97 Å². The first-order chi connectivity index (χ1) is 9.25. The number of carbonyl (C=O) groups excluding carboxylic acids is 1. The Morgan fingerprint density at radius 1 is 1.16 bits per heavy atom. The number of fused-ring (bicyclic) bond motifs is 1. The summed E-state index contributed by atoms with van der Waals surface area (Å²) in [6.45, 7) is 0.364. The molecule has 0 atom stereocenters. The lowest BCUT2D eigenvalue weighted by molar-refractivity contribution is -0.152. The Hall–Kier alpha value is -1.35. The van der Waals surface area contributed by atoms with E-state index in [1.807, 2.05) is 24.3 Å². The van der Waals surface area contributed by atoms with E-state index in [0.29, 0.717) is 6.61 Å². The van der Waals surface area contributed by atoms with Gasteiger partial charge in [-0.05, 0) is 35.2 Å². The lowest BCUT2D eigenvalue weighted by Gasteiger charge is -2.23. The van der Waals surface area contributed by atoms with Crippen molar-refractivity contribution in [3.8, 4) is 0 Å². The zero-order valence-corrected chi connectivity index (χ0v) is 12.2. The molecule has 3 rings (SSSR count). The second-order valence-corrected chi connectivity index (χ2v) is 5.84. The summed E-state index contributed by atoms with van der Waals surface area (Å²) >= 11 is 3.55. The van der Waals surface area contributed by atoms with Gasteiger partial charge in [-0.3, -0.25) is 4.79 Å². The van der Waals surface area contributed by atoms with Crippen molar-refractivity contribution in [3.05, 3.63) is 46.4 Å². The summed E-state index contributed by atoms with van der Waals surface area (Å²) in [5, 5.41) is 2.29. The van der Waals surface area contributed by atoms with Crippen LogP contribution in [0.4, 0.5) is 0 Å². The van der Waals surface area contributed by atoms with E-state index in [2.05, 4.69) is 28.1 Å². The van der Waals surface area contributed by atoms with Crippen molar-refractivity contribution >= 4 is 32.7 Å².